The van der Waals surface area contributed by atoms with Gasteiger partial charge in [-0.2, -0.15) is 0 Å². The second-order valence-corrected chi connectivity index (χ2v) is 6.02. The molecule has 1 nitrogen and oxygen atoms in total. The van der Waals surface area contributed by atoms with Crippen molar-refractivity contribution in [2.45, 2.75) is 51.5 Å². The molecule has 1 aliphatic carbocycles. The van der Waals surface area contributed by atoms with Crippen LogP contribution in [0.1, 0.15) is 57.2 Å². The second kappa shape index (κ2) is 4.66. The minimum absolute atomic E-state index is 0.103. The summed E-state index contributed by atoms with van der Waals surface area (Å²) in [6, 6.07) is 8.90. The average Bonchev–Trinajstić information content (AvgIpc) is 2.80. The van der Waals surface area contributed by atoms with E-state index in [1.807, 2.05) is 0 Å². The number of allylic oxidation sites excluding steroid dienone is 1. The van der Waals surface area contributed by atoms with Gasteiger partial charge in [-0.3, -0.25) is 0 Å². The highest BCUT2D eigenvalue weighted by Crippen LogP contribution is 2.30. The van der Waals surface area contributed by atoms with Crippen molar-refractivity contribution in [2.75, 3.05) is 0 Å². The van der Waals surface area contributed by atoms with Crippen molar-refractivity contribution in [1.82, 2.24) is 0 Å². The summed E-state index contributed by atoms with van der Waals surface area (Å²) in [5.41, 5.74) is 10.5. The minimum atomic E-state index is 0.103. The highest BCUT2D eigenvalue weighted by atomic mass is 14.6. The Morgan fingerprint density at radius 2 is 1.76 bits per heavy atom. The van der Waals surface area contributed by atoms with Crippen molar-refractivity contribution in [3.8, 4) is 0 Å². The van der Waals surface area contributed by atoms with Gasteiger partial charge in [-0.1, -0.05) is 56.7 Å². The molecular weight excluding hydrogens is 206 g/mol. The van der Waals surface area contributed by atoms with Crippen LogP contribution in [0.4, 0.5) is 0 Å². The number of hydrogen-bond acceptors (Lipinski definition) is 1. The molecule has 0 saturated carbocycles. The number of hydrogen-bond donors (Lipinski definition) is 1. The Balaban J connectivity index is 2.18. The summed E-state index contributed by atoms with van der Waals surface area (Å²) in [5, 5.41) is 0. The van der Waals surface area contributed by atoms with E-state index in [4.69, 9.17) is 5.73 Å². The lowest BCUT2D eigenvalue weighted by molar-refractivity contribution is 0.589. The van der Waals surface area contributed by atoms with Crippen LogP contribution in [-0.2, 0) is 5.41 Å². The molecule has 0 aromatic heterocycles. The Labute approximate surface area is 105 Å². The molecule has 0 heterocycles. The lowest BCUT2D eigenvalue weighted by Gasteiger charge is -2.20. The fourth-order valence-corrected chi connectivity index (χ4v) is 2.38. The van der Waals surface area contributed by atoms with Crippen molar-refractivity contribution in [2.24, 2.45) is 5.73 Å². The smallest absolute Gasteiger partial charge is 0.0510 e. The molecule has 0 fully saturated rings. The van der Waals surface area contributed by atoms with Crippen LogP contribution in [0.3, 0.4) is 0 Å². The quantitative estimate of drug-likeness (QED) is 0.759. The third-order valence-electron chi connectivity index (χ3n) is 3.61. The van der Waals surface area contributed by atoms with Crippen molar-refractivity contribution < 1.29 is 0 Å². The Morgan fingerprint density at radius 1 is 1.12 bits per heavy atom. The molecule has 2 rings (SSSR count). The van der Waals surface area contributed by atoms with Gasteiger partial charge < -0.3 is 5.73 Å². The molecule has 1 atom stereocenters. The molecule has 92 valence electrons. The van der Waals surface area contributed by atoms with Gasteiger partial charge in [0.2, 0.25) is 0 Å². The molecule has 2 N–H and O–H groups in total. The van der Waals surface area contributed by atoms with Crippen LogP contribution >= 0.6 is 0 Å². The third kappa shape index (κ3) is 2.78. The van der Waals surface area contributed by atoms with Crippen molar-refractivity contribution >= 4 is 0 Å². The molecule has 0 aliphatic heterocycles. The van der Waals surface area contributed by atoms with E-state index < -0.39 is 0 Å². The lowest BCUT2D eigenvalue weighted by atomic mass is 9.86. The van der Waals surface area contributed by atoms with E-state index in [-0.39, 0.29) is 11.5 Å². The first kappa shape index (κ1) is 12.4. The van der Waals surface area contributed by atoms with Gasteiger partial charge >= 0.3 is 0 Å². The molecule has 1 aromatic rings. The Kier molecular flexibility index (Phi) is 3.39. The molecule has 17 heavy (non-hydrogen) atoms. The van der Waals surface area contributed by atoms with Gasteiger partial charge in [-0.25, -0.2) is 0 Å². The van der Waals surface area contributed by atoms with Crippen molar-refractivity contribution in [3.63, 3.8) is 0 Å². The van der Waals surface area contributed by atoms with E-state index in [1.165, 1.54) is 36.0 Å². The molecule has 0 spiro atoms. The standard InChI is InChI=1S/C16H23N/c1-16(2,3)14-10-8-13(9-11-14)15(17)12-6-4-5-7-12/h6,8-11,15H,4-5,7,17H2,1-3H3. The molecular formula is C16H23N. The maximum atomic E-state index is 6.29. The number of benzene rings is 1. The molecule has 1 aromatic carbocycles. The van der Waals surface area contributed by atoms with Gasteiger partial charge in [0.05, 0.1) is 6.04 Å². The van der Waals surface area contributed by atoms with Crippen LogP contribution in [0, 0.1) is 0 Å². The third-order valence-corrected chi connectivity index (χ3v) is 3.61. The fraction of sp³-hybridized carbons (Fsp3) is 0.500. The monoisotopic (exact) mass is 229 g/mol. The lowest BCUT2D eigenvalue weighted by Crippen LogP contribution is -2.14. The van der Waals surface area contributed by atoms with E-state index in [0.717, 1.165) is 0 Å². The second-order valence-electron chi connectivity index (χ2n) is 6.02. The summed E-state index contributed by atoms with van der Waals surface area (Å²) >= 11 is 0. The van der Waals surface area contributed by atoms with E-state index in [0.29, 0.717) is 0 Å². The Bertz CT molecular complexity index is 406. The van der Waals surface area contributed by atoms with Crippen LogP contribution in [0.5, 0.6) is 0 Å². The maximum Gasteiger partial charge on any atom is 0.0510 e. The first-order valence-electron chi connectivity index (χ1n) is 6.53. The molecule has 1 aliphatic rings. The van der Waals surface area contributed by atoms with Crippen LogP contribution in [-0.4, -0.2) is 0 Å². The summed E-state index contributed by atoms with van der Waals surface area (Å²) in [4.78, 5) is 0. The molecule has 0 amide bonds. The predicted octanol–water partition coefficient (Wildman–Crippen LogP) is 4.09. The summed E-state index contributed by atoms with van der Waals surface area (Å²) < 4.78 is 0. The highest BCUT2D eigenvalue weighted by Gasteiger charge is 2.17. The van der Waals surface area contributed by atoms with Crippen molar-refractivity contribution in [1.29, 1.82) is 0 Å². The Morgan fingerprint density at radius 3 is 2.24 bits per heavy atom. The molecule has 0 radical (unpaired) electrons. The van der Waals surface area contributed by atoms with Gasteiger partial charge in [0.15, 0.2) is 0 Å². The largest absolute Gasteiger partial charge is 0.321 e. The summed E-state index contributed by atoms with van der Waals surface area (Å²) in [6.45, 7) is 6.71. The number of rotatable bonds is 2. The minimum Gasteiger partial charge on any atom is -0.321 e. The molecule has 1 heteroatoms. The zero-order valence-corrected chi connectivity index (χ0v) is 11.2. The zero-order valence-electron chi connectivity index (χ0n) is 11.2. The van der Waals surface area contributed by atoms with Gasteiger partial charge in [0.25, 0.3) is 0 Å². The van der Waals surface area contributed by atoms with E-state index >= 15 is 0 Å². The predicted molar refractivity (Wildman–Crippen MR) is 74.0 cm³/mol. The van der Waals surface area contributed by atoms with Crippen LogP contribution in [0.15, 0.2) is 35.9 Å². The van der Waals surface area contributed by atoms with Gasteiger partial charge in [0, 0.05) is 0 Å². The molecule has 0 bridgehead atoms. The summed E-state index contributed by atoms with van der Waals surface area (Å²) in [6.07, 6.45) is 5.94. The summed E-state index contributed by atoms with van der Waals surface area (Å²) in [5.74, 6) is 0. The van der Waals surface area contributed by atoms with Crippen LogP contribution in [0.2, 0.25) is 0 Å². The maximum absolute atomic E-state index is 6.29. The number of nitrogens with two attached hydrogens (primary N) is 1. The van der Waals surface area contributed by atoms with Crippen LogP contribution < -0.4 is 5.73 Å². The van der Waals surface area contributed by atoms with Crippen molar-refractivity contribution in [3.05, 3.63) is 47.0 Å². The van der Waals surface area contributed by atoms with Crippen LogP contribution in [0.25, 0.3) is 0 Å². The highest BCUT2D eigenvalue weighted by molar-refractivity contribution is 5.33. The first-order valence-corrected chi connectivity index (χ1v) is 6.53. The van der Waals surface area contributed by atoms with E-state index in [1.54, 1.807) is 0 Å². The van der Waals surface area contributed by atoms with E-state index in [9.17, 15) is 0 Å². The first-order chi connectivity index (χ1) is 7.98. The Hall–Kier alpha value is -1.08. The fourth-order valence-electron chi connectivity index (χ4n) is 2.38. The molecule has 1 unspecified atom stereocenters. The van der Waals surface area contributed by atoms with E-state index in [2.05, 4.69) is 51.1 Å². The topological polar surface area (TPSA) is 26.0 Å². The SMILES string of the molecule is CC(C)(C)c1ccc(C(N)C2=CCCC2)cc1. The average molecular weight is 229 g/mol. The molecule has 0 saturated heterocycles. The van der Waals surface area contributed by atoms with Gasteiger partial charge in [-0.15, -0.1) is 0 Å². The van der Waals surface area contributed by atoms with Gasteiger partial charge in [0.1, 0.15) is 0 Å². The zero-order chi connectivity index (χ0) is 12.5. The summed E-state index contributed by atoms with van der Waals surface area (Å²) in [7, 11) is 0. The normalized spacial score (nSPS) is 18.0. The van der Waals surface area contributed by atoms with Gasteiger partial charge in [-0.05, 0) is 35.8 Å².